The van der Waals surface area contributed by atoms with Crippen LogP contribution in [0, 0.1) is 5.92 Å². The number of carbonyl (C=O) groups is 3. The number of ether oxygens (including phenoxy) is 2. The highest BCUT2D eigenvalue weighted by atomic mass is 16.5. The van der Waals surface area contributed by atoms with Gasteiger partial charge in [0.1, 0.15) is 6.61 Å². The van der Waals surface area contributed by atoms with E-state index in [0.717, 1.165) is 14.0 Å². The lowest BCUT2D eigenvalue weighted by atomic mass is 10.2. The Morgan fingerprint density at radius 1 is 1.38 bits per heavy atom. The van der Waals surface area contributed by atoms with Crippen LogP contribution >= 0.6 is 0 Å². The molecule has 0 heterocycles. The second-order valence-corrected chi connectivity index (χ2v) is 2.22. The molecule has 1 atom stereocenters. The first-order valence-corrected chi connectivity index (χ1v) is 3.43. The number of carboxylic acid groups (broad SMARTS) is 1. The zero-order chi connectivity index (χ0) is 10.4. The van der Waals surface area contributed by atoms with Gasteiger partial charge in [0, 0.05) is 6.92 Å². The molecule has 0 rings (SSSR count). The van der Waals surface area contributed by atoms with Gasteiger partial charge in [-0.15, -0.1) is 0 Å². The van der Waals surface area contributed by atoms with Crippen LogP contribution in [0.3, 0.4) is 0 Å². The number of carbonyl (C=O) groups excluding carboxylic acids is 2. The zero-order valence-electron chi connectivity index (χ0n) is 7.27. The van der Waals surface area contributed by atoms with Crippen LogP contribution in [0.25, 0.3) is 0 Å². The smallest absolute Gasteiger partial charge is 0.323 e. The average molecular weight is 190 g/mol. The van der Waals surface area contributed by atoms with E-state index in [9.17, 15) is 14.4 Å². The zero-order valence-corrected chi connectivity index (χ0v) is 7.27. The number of hydrogen-bond donors (Lipinski definition) is 1. The summed E-state index contributed by atoms with van der Waals surface area (Å²) in [7, 11) is 1.06. The Morgan fingerprint density at radius 3 is 2.23 bits per heavy atom. The number of hydrogen-bond acceptors (Lipinski definition) is 5. The standard InChI is InChI=1S/C7H10O6/c1-4(8)13-3-5(6(9)10)7(11)12-2/h5H,3H2,1-2H3,(H,9,10). The molecule has 1 N–H and O–H groups in total. The lowest BCUT2D eigenvalue weighted by Crippen LogP contribution is -2.30. The van der Waals surface area contributed by atoms with Crippen LogP contribution in [0.15, 0.2) is 0 Å². The van der Waals surface area contributed by atoms with E-state index in [1.165, 1.54) is 0 Å². The van der Waals surface area contributed by atoms with E-state index in [-0.39, 0.29) is 0 Å². The van der Waals surface area contributed by atoms with Gasteiger partial charge in [-0.05, 0) is 0 Å². The maximum absolute atomic E-state index is 10.8. The minimum Gasteiger partial charge on any atom is -0.481 e. The summed E-state index contributed by atoms with van der Waals surface area (Å²) >= 11 is 0. The lowest BCUT2D eigenvalue weighted by molar-refractivity contribution is -0.161. The first-order valence-electron chi connectivity index (χ1n) is 3.43. The summed E-state index contributed by atoms with van der Waals surface area (Å²) in [5.41, 5.74) is 0. The van der Waals surface area contributed by atoms with Gasteiger partial charge in [0.2, 0.25) is 0 Å². The van der Waals surface area contributed by atoms with Crippen molar-refractivity contribution in [2.45, 2.75) is 6.92 Å². The Labute approximate surface area is 74.4 Å². The van der Waals surface area contributed by atoms with E-state index in [1.54, 1.807) is 0 Å². The quantitative estimate of drug-likeness (QED) is 0.471. The molecule has 0 saturated heterocycles. The third-order valence-electron chi connectivity index (χ3n) is 1.24. The first-order chi connectivity index (χ1) is 5.99. The van der Waals surface area contributed by atoms with Gasteiger partial charge in [0.15, 0.2) is 5.92 Å². The van der Waals surface area contributed by atoms with Crippen molar-refractivity contribution in [3.63, 3.8) is 0 Å². The molecule has 0 radical (unpaired) electrons. The summed E-state index contributed by atoms with van der Waals surface area (Å²) in [5, 5.41) is 8.50. The Kier molecular flexibility index (Phi) is 4.50. The fourth-order valence-corrected chi connectivity index (χ4v) is 0.583. The van der Waals surface area contributed by atoms with Gasteiger partial charge < -0.3 is 14.6 Å². The highest BCUT2D eigenvalue weighted by Crippen LogP contribution is 2.00. The Bertz CT molecular complexity index is 221. The van der Waals surface area contributed by atoms with Crippen molar-refractivity contribution in [2.75, 3.05) is 13.7 Å². The highest BCUT2D eigenvalue weighted by molar-refractivity contribution is 5.94. The van der Waals surface area contributed by atoms with Crippen molar-refractivity contribution in [1.29, 1.82) is 0 Å². The molecule has 6 heteroatoms. The predicted molar refractivity (Wildman–Crippen MR) is 39.8 cm³/mol. The molecule has 0 saturated carbocycles. The first kappa shape index (κ1) is 11.4. The molecule has 0 fully saturated rings. The van der Waals surface area contributed by atoms with E-state index in [0.29, 0.717) is 0 Å². The highest BCUT2D eigenvalue weighted by Gasteiger charge is 2.28. The molecule has 0 aliphatic rings. The van der Waals surface area contributed by atoms with E-state index >= 15 is 0 Å². The number of methoxy groups -OCH3 is 1. The van der Waals surface area contributed by atoms with E-state index < -0.39 is 30.4 Å². The topological polar surface area (TPSA) is 89.9 Å². The normalized spacial score (nSPS) is 11.5. The molecule has 6 nitrogen and oxygen atoms in total. The summed E-state index contributed by atoms with van der Waals surface area (Å²) in [6, 6.07) is 0. The maximum Gasteiger partial charge on any atom is 0.323 e. The lowest BCUT2D eigenvalue weighted by Gasteiger charge is -2.08. The fourth-order valence-electron chi connectivity index (χ4n) is 0.583. The Hall–Kier alpha value is -1.59. The molecule has 0 aromatic carbocycles. The molecular weight excluding hydrogens is 180 g/mol. The summed E-state index contributed by atoms with van der Waals surface area (Å²) in [6.45, 7) is 0.619. The SMILES string of the molecule is COC(=O)C(COC(C)=O)C(=O)O. The molecule has 74 valence electrons. The van der Waals surface area contributed by atoms with Crippen LogP contribution in [-0.4, -0.2) is 36.7 Å². The average Bonchev–Trinajstić information content (AvgIpc) is 2.03. The number of carboxylic acids is 1. The largest absolute Gasteiger partial charge is 0.481 e. The van der Waals surface area contributed by atoms with Gasteiger partial charge >= 0.3 is 17.9 Å². The molecular formula is C7H10O6. The summed E-state index contributed by atoms with van der Waals surface area (Å²) in [4.78, 5) is 31.5. The summed E-state index contributed by atoms with van der Waals surface area (Å²) in [6.07, 6.45) is 0. The Morgan fingerprint density at radius 2 is 1.92 bits per heavy atom. The molecule has 1 unspecified atom stereocenters. The number of aliphatic carboxylic acids is 1. The van der Waals surface area contributed by atoms with Gasteiger partial charge in [-0.2, -0.15) is 0 Å². The summed E-state index contributed by atoms with van der Waals surface area (Å²) < 4.78 is 8.56. The van der Waals surface area contributed by atoms with Crippen molar-refractivity contribution in [2.24, 2.45) is 5.92 Å². The molecule has 0 aromatic rings. The summed E-state index contributed by atoms with van der Waals surface area (Å²) in [5.74, 6) is -4.41. The third-order valence-corrected chi connectivity index (χ3v) is 1.24. The van der Waals surface area contributed by atoms with Crippen LogP contribution in [0.1, 0.15) is 6.92 Å². The van der Waals surface area contributed by atoms with Crippen LogP contribution < -0.4 is 0 Å². The minimum absolute atomic E-state index is 0.503. The molecule has 13 heavy (non-hydrogen) atoms. The van der Waals surface area contributed by atoms with E-state index in [1.807, 2.05) is 0 Å². The van der Waals surface area contributed by atoms with Gasteiger partial charge in [-0.25, -0.2) is 0 Å². The molecule has 0 amide bonds. The second kappa shape index (κ2) is 5.13. The molecule has 0 spiro atoms. The minimum atomic E-state index is -1.45. The van der Waals surface area contributed by atoms with Crippen molar-refractivity contribution in [3.8, 4) is 0 Å². The van der Waals surface area contributed by atoms with Gasteiger partial charge in [-0.1, -0.05) is 0 Å². The number of esters is 2. The Balaban J connectivity index is 4.18. The van der Waals surface area contributed by atoms with Crippen LogP contribution in [0.5, 0.6) is 0 Å². The van der Waals surface area contributed by atoms with Gasteiger partial charge in [0.25, 0.3) is 0 Å². The van der Waals surface area contributed by atoms with Crippen molar-refractivity contribution >= 4 is 17.9 Å². The van der Waals surface area contributed by atoms with Crippen LogP contribution in [-0.2, 0) is 23.9 Å². The van der Waals surface area contributed by atoms with Crippen molar-refractivity contribution in [1.82, 2.24) is 0 Å². The van der Waals surface area contributed by atoms with Crippen molar-refractivity contribution in [3.05, 3.63) is 0 Å². The van der Waals surface area contributed by atoms with Crippen molar-refractivity contribution < 1.29 is 29.0 Å². The van der Waals surface area contributed by atoms with E-state index in [4.69, 9.17) is 5.11 Å². The number of rotatable bonds is 4. The third kappa shape index (κ3) is 4.09. The maximum atomic E-state index is 10.8. The fraction of sp³-hybridized carbons (Fsp3) is 0.571. The monoisotopic (exact) mass is 190 g/mol. The van der Waals surface area contributed by atoms with Gasteiger partial charge in [0.05, 0.1) is 7.11 Å². The molecule has 0 aliphatic heterocycles. The predicted octanol–water partition coefficient (Wildman–Crippen LogP) is -0.577. The van der Waals surface area contributed by atoms with E-state index in [2.05, 4.69) is 9.47 Å². The second-order valence-electron chi connectivity index (χ2n) is 2.22. The van der Waals surface area contributed by atoms with Crippen LogP contribution in [0.2, 0.25) is 0 Å². The molecule has 0 aromatic heterocycles. The van der Waals surface area contributed by atoms with Crippen LogP contribution in [0.4, 0.5) is 0 Å². The van der Waals surface area contributed by atoms with Gasteiger partial charge in [-0.3, -0.25) is 14.4 Å². The molecule has 0 bridgehead atoms. The molecule has 0 aliphatic carbocycles.